The van der Waals surface area contributed by atoms with Gasteiger partial charge in [-0.05, 0) is 13.8 Å². The second kappa shape index (κ2) is 11.5. The first-order valence-corrected chi connectivity index (χ1v) is 11.1. The van der Waals surface area contributed by atoms with E-state index < -0.39 is 10.0 Å². The summed E-state index contributed by atoms with van der Waals surface area (Å²) in [5.74, 6) is 0.708. The number of amides is 1. The Hall–Kier alpha value is -1.39. The van der Waals surface area contributed by atoms with Gasteiger partial charge in [-0.1, -0.05) is 13.8 Å². The molecule has 1 fully saturated rings. The van der Waals surface area contributed by atoms with Gasteiger partial charge in [-0.15, -0.1) is 0 Å². The molecule has 0 aliphatic carbocycles. The lowest BCUT2D eigenvalue weighted by Gasteiger charge is -2.35. The molecule has 1 heterocycles. The number of piperazine rings is 1. The number of carbonyl (C=O) groups is 1. The second-order valence-corrected chi connectivity index (χ2v) is 9.13. The topological polar surface area (TPSA) is 103 Å². The van der Waals surface area contributed by atoms with Crippen molar-refractivity contribution in [2.45, 2.75) is 33.8 Å². The SMILES string of the molecule is CN=C(NCCNC(=O)C(C)C)N1CCN(S(=O)(=O)CCOC(C)C)CC1. The molecule has 10 heteroatoms. The van der Waals surface area contributed by atoms with Crippen LogP contribution in [0.15, 0.2) is 4.99 Å². The third kappa shape index (κ3) is 8.44. The summed E-state index contributed by atoms with van der Waals surface area (Å²) in [7, 11) is -1.60. The Labute approximate surface area is 163 Å². The Morgan fingerprint density at radius 3 is 2.19 bits per heavy atom. The van der Waals surface area contributed by atoms with E-state index in [4.69, 9.17) is 4.74 Å². The van der Waals surface area contributed by atoms with Crippen LogP contribution < -0.4 is 10.6 Å². The average Bonchev–Trinajstić information content (AvgIpc) is 2.61. The number of nitrogens with zero attached hydrogens (tertiary/aromatic N) is 3. The van der Waals surface area contributed by atoms with E-state index in [1.807, 2.05) is 32.6 Å². The Kier molecular flexibility index (Phi) is 10.0. The van der Waals surface area contributed by atoms with Crippen molar-refractivity contribution < 1.29 is 17.9 Å². The number of carbonyl (C=O) groups excluding carboxylic acids is 1. The smallest absolute Gasteiger partial charge is 0.222 e. The second-order valence-electron chi connectivity index (χ2n) is 7.04. The molecule has 27 heavy (non-hydrogen) atoms. The zero-order chi connectivity index (χ0) is 20.4. The predicted molar refractivity (Wildman–Crippen MR) is 107 cm³/mol. The minimum Gasteiger partial charge on any atom is -0.378 e. The molecule has 1 amide bonds. The first kappa shape index (κ1) is 23.6. The lowest BCUT2D eigenvalue weighted by atomic mass is 10.2. The van der Waals surface area contributed by atoms with Crippen LogP contribution in [0, 0.1) is 5.92 Å². The highest BCUT2D eigenvalue weighted by Crippen LogP contribution is 2.09. The van der Waals surface area contributed by atoms with E-state index in [2.05, 4.69) is 15.6 Å². The van der Waals surface area contributed by atoms with Crippen molar-refractivity contribution in [3.8, 4) is 0 Å². The summed E-state index contributed by atoms with van der Waals surface area (Å²) in [6.45, 7) is 10.8. The van der Waals surface area contributed by atoms with Crippen LogP contribution in [0.4, 0.5) is 0 Å². The molecule has 0 unspecified atom stereocenters. The Bertz CT molecular complexity index is 584. The van der Waals surface area contributed by atoms with Crippen LogP contribution in [0.2, 0.25) is 0 Å². The first-order valence-electron chi connectivity index (χ1n) is 9.50. The normalized spacial score (nSPS) is 16.9. The molecular formula is C17H35N5O4S. The lowest BCUT2D eigenvalue weighted by molar-refractivity contribution is -0.123. The number of ether oxygens (including phenoxy) is 1. The van der Waals surface area contributed by atoms with E-state index in [0.29, 0.717) is 45.2 Å². The van der Waals surface area contributed by atoms with Gasteiger partial charge < -0.3 is 20.3 Å². The third-order valence-corrected chi connectivity index (χ3v) is 6.00. The minimum absolute atomic E-state index is 0.00764. The minimum atomic E-state index is -3.30. The molecule has 1 rings (SSSR count). The predicted octanol–water partition coefficient (Wildman–Crippen LogP) is -0.294. The van der Waals surface area contributed by atoms with Crippen LogP contribution in [0.3, 0.4) is 0 Å². The molecule has 0 radical (unpaired) electrons. The molecule has 0 aromatic rings. The van der Waals surface area contributed by atoms with Crippen LogP contribution in [-0.4, -0.2) is 94.3 Å². The van der Waals surface area contributed by atoms with Crippen molar-refractivity contribution in [1.82, 2.24) is 19.8 Å². The quantitative estimate of drug-likeness (QED) is 0.310. The molecule has 1 aliphatic heterocycles. The summed E-state index contributed by atoms with van der Waals surface area (Å²) < 4.78 is 31.6. The Morgan fingerprint density at radius 2 is 1.67 bits per heavy atom. The van der Waals surface area contributed by atoms with E-state index in [0.717, 1.165) is 0 Å². The highest BCUT2D eigenvalue weighted by molar-refractivity contribution is 7.89. The van der Waals surface area contributed by atoms with Crippen molar-refractivity contribution in [2.75, 3.05) is 58.7 Å². The summed E-state index contributed by atoms with van der Waals surface area (Å²) in [6, 6.07) is 0. The Morgan fingerprint density at radius 1 is 1.07 bits per heavy atom. The van der Waals surface area contributed by atoms with Gasteiger partial charge in [0.15, 0.2) is 5.96 Å². The molecule has 0 atom stereocenters. The summed E-state index contributed by atoms with van der Waals surface area (Å²) in [5, 5.41) is 6.05. The standard InChI is InChI=1S/C17H35N5O4S/c1-14(2)16(23)19-6-7-20-17(18-5)21-8-10-22(11-9-21)27(24,25)13-12-26-15(3)4/h14-15H,6-13H2,1-5H3,(H,18,20)(H,19,23). The number of nitrogens with one attached hydrogen (secondary N) is 2. The van der Waals surface area contributed by atoms with Crippen LogP contribution in [0.1, 0.15) is 27.7 Å². The zero-order valence-electron chi connectivity index (χ0n) is 17.2. The monoisotopic (exact) mass is 405 g/mol. The number of aliphatic imine (C=N–C) groups is 1. The highest BCUT2D eigenvalue weighted by Gasteiger charge is 2.27. The number of guanidine groups is 1. The van der Waals surface area contributed by atoms with Gasteiger partial charge in [0.25, 0.3) is 0 Å². The lowest BCUT2D eigenvalue weighted by Crippen LogP contribution is -2.54. The first-order chi connectivity index (χ1) is 12.7. The summed E-state index contributed by atoms with van der Waals surface area (Å²) in [4.78, 5) is 17.8. The molecule has 1 saturated heterocycles. The maximum atomic E-state index is 12.4. The van der Waals surface area contributed by atoms with Crippen molar-refractivity contribution in [2.24, 2.45) is 10.9 Å². The van der Waals surface area contributed by atoms with Gasteiger partial charge >= 0.3 is 0 Å². The zero-order valence-corrected chi connectivity index (χ0v) is 18.0. The molecule has 0 bridgehead atoms. The van der Waals surface area contributed by atoms with E-state index in [1.54, 1.807) is 7.05 Å². The number of hydrogen-bond acceptors (Lipinski definition) is 5. The van der Waals surface area contributed by atoms with Crippen molar-refractivity contribution in [1.29, 1.82) is 0 Å². The van der Waals surface area contributed by atoms with Gasteiger partial charge in [0.05, 0.1) is 18.5 Å². The largest absolute Gasteiger partial charge is 0.378 e. The van der Waals surface area contributed by atoms with Crippen molar-refractivity contribution >= 4 is 21.9 Å². The molecule has 158 valence electrons. The maximum Gasteiger partial charge on any atom is 0.222 e. The number of sulfonamides is 1. The van der Waals surface area contributed by atoms with Gasteiger partial charge in [-0.25, -0.2) is 8.42 Å². The number of hydrogen-bond donors (Lipinski definition) is 2. The van der Waals surface area contributed by atoms with E-state index >= 15 is 0 Å². The van der Waals surface area contributed by atoms with Crippen LogP contribution >= 0.6 is 0 Å². The fourth-order valence-corrected chi connectivity index (χ4v) is 3.88. The highest BCUT2D eigenvalue weighted by atomic mass is 32.2. The number of rotatable bonds is 9. The molecule has 0 spiro atoms. The summed E-state index contributed by atoms with van der Waals surface area (Å²) >= 11 is 0. The van der Waals surface area contributed by atoms with E-state index in [1.165, 1.54) is 4.31 Å². The average molecular weight is 406 g/mol. The van der Waals surface area contributed by atoms with E-state index in [9.17, 15) is 13.2 Å². The van der Waals surface area contributed by atoms with E-state index in [-0.39, 0.29) is 30.3 Å². The molecule has 1 aliphatic rings. The molecule has 0 saturated carbocycles. The summed E-state index contributed by atoms with van der Waals surface area (Å²) in [6.07, 6.45) is 0.0248. The fraction of sp³-hybridized carbons (Fsp3) is 0.882. The van der Waals surface area contributed by atoms with Gasteiger partial charge in [0.1, 0.15) is 0 Å². The molecule has 0 aromatic carbocycles. The van der Waals surface area contributed by atoms with Crippen molar-refractivity contribution in [3.05, 3.63) is 0 Å². The van der Waals surface area contributed by atoms with Gasteiger partial charge in [-0.2, -0.15) is 4.31 Å². The van der Waals surface area contributed by atoms with Crippen LogP contribution in [0.25, 0.3) is 0 Å². The molecule has 9 nitrogen and oxygen atoms in total. The van der Waals surface area contributed by atoms with Gasteiger partial charge in [0.2, 0.25) is 15.9 Å². The van der Waals surface area contributed by atoms with Crippen LogP contribution in [-0.2, 0) is 19.6 Å². The van der Waals surface area contributed by atoms with Gasteiger partial charge in [-0.3, -0.25) is 9.79 Å². The Balaban J connectivity index is 2.39. The van der Waals surface area contributed by atoms with Crippen molar-refractivity contribution in [3.63, 3.8) is 0 Å². The summed E-state index contributed by atoms with van der Waals surface area (Å²) in [5.41, 5.74) is 0. The molecule has 2 N–H and O–H groups in total. The van der Waals surface area contributed by atoms with Gasteiger partial charge in [0, 0.05) is 52.2 Å². The van der Waals surface area contributed by atoms with Crippen LogP contribution in [0.5, 0.6) is 0 Å². The molecular weight excluding hydrogens is 370 g/mol. The molecule has 0 aromatic heterocycles. The third-order valence-electron chi connectivity index (χ3n) is 4.17. The maximum absolute atomic E-state index is 12.4. The fourth-order valence-electron chi connectivity index (χ4n) is 2.59.